The molecule has 1 aliphatic rings. The quantitative estimate of drug-likeness (QED) is 0.786. The van der Waals surface area contributed by atoms with Crippen LogP contribution in [0.15, 0.2) is 6.20 Å². The zero-order chi connectivity index (χ0) is 13.0. The van der Waals surface area contributed by atoms with E-state index in [1.165, 1.54) is 19.3 Å². The van der Waals surface area contributed by atoms with Gasteiger partial charge in [-0.3, -0.25) is 0 Å². The topological polar surface area (TPSA) is 29.0 Å². The summed E-state index contributed by atoms with van der Waals surface area (Å²) in [6.07, 6.45) is 7.06. The number of nitrogens with zero attached hydrogens (tertiary/aromatic N) is 3. The van der Waals surface area contributed by atoms with Crippen LogP contribution in [0.5, 0.6) is 0 Å². The first-order valence-corrected chi connectivity index (χ1v) is 7.01. The summed E-state index contributed by atoms with van der Waals surface area (Å²) in [5.74, 6) is 0.737. The highest BCUT2D eigenvalue weighted by molar-refractivity contribution is 6.28. The van der Waals surface area contributed by atoms with Crippen molar-refractivity contribution in [3.63, 3.8) is 0 Å². The molecule has 0 aliphatic carbocycles. The molecule has 0 radical (unpaired) electrons. The van der Waals surface area contributed by atoms with Crippen molar-refractivity contribution in [3.8, 4) is 0 Å². The highest BCUT2D eigenvalue weighted by Gasteiger charge is 2.20. The van der Waals surface area contributed by atoms with Crippen LogP contribution >= 0.6 is 11.6 Å². The number of aromatic nitrogens is 2. The summed E-state index contributed by atoms with van der Waals surface area (Å²) in [7, 11) is 0. The minimum absolute atomic E-state index is 0.112. The Morgan fingerprint density at radius 2 is 2.28 bits per heavy atom. The van der Waals surface area contributed by atoms with Gasteiger partial charge in [0, 0.05) is 13.1 Å². The molecule has 1 aliphatic heterocycles. The SMILES string of the molecule is CCCC1CCCN(c2nc(Cl)ncc2F)CC1. The third kappa shape index (κ3) is 3.31. The maximum atomic E-state index is 13.7. The Hall–Kier alpha value is -0.900. The fourth-order valence-corrected chi connectivity index (χ4v) is 2.76. The van der Waals surface area contributed by atoms with Gasteiger partial charge in [0.05, 0.1) is 6.20 Å². The molecule has 1 atom stereocenters. The molecule has 3 nitrogen and oxygen atoms in total. The van der Waals surface area contributed by atoms with Crippen LogP contribution in [0.1, 0.15) is 39.0 Å². The fourth-order valence-electron chi connectivity index (χ4n) is 2.63. The van der Waals surface area contributed by atoms with Gasteiger partial charge in [0.25, 0.3) is 0 Å². The van der Waals surface area contributed by atoms with E-state index < -0.39 is 0 Å². The van der Waals surface area contributed by atoms with E-state index in [1.54, 1.807) is 0 Å². The Kier molecular flexibility index (Phi) is 4.75. The van der Waals surface area contributed by atoms with E-state index in [0.29, 0.717) is 5.82 Å². The first-order chi connectivity index (χ1) is 8.70. The van der Waals surface area contributed by atoms with Crippen LogP contribution in [-0.2, 0) is 0 Å². The fraction of sp³-hybridized carbons (Fsp3) is 0.692. The van der Waals surface area contributed by atoms with Crippen LogP contribution < -0.4 is 4.90 Å². The predicted molar refractivity (Wildman–Crippen MR) is 71.5 cm³/mol. The summed E-state index contributed by atoms with van der Waals surface area (Å²) >= 11 is 5.74. The summed E-state index contributed by atoms with van der Waals surface area (Å²) in [6, 6.07) is 0. The van der Waals surface area contributed by atoms with Crippen LogP contribution in [0.25, 0.3) is 0 Å². The van der Waals surface area contributed by atoms with Crippen molar-refractivity contribution in [1.82, 2.24) is 9.97 Å². The molecule has 1 fully saturated rings. The first kappa shape index (κ1) is 13.5. The summed E-state index contributed by atoms with van der Waals surface area (Å²) in [5.41, 5.74) is 0. The smallest absolute Gasteiger partial charge is 0.224 e. The Bertz CT molecular complexity index is 400. The van der Waals surface area contributed by atoms with Crippen molar-refractivity contribution in [2.24, 2.45) is 5.92 Å². The van der Waals surface area contributed by atoms with Gasteiger partial charge < -0.3 is 4.90 Å². The maximum absolute atomic E-state index is 13.7. The monoisotopic (exact) mass is 271 g/mol. The number of hydrogen-bond acceptors (Lipinski definition) is 3. The molecule has 1 unspecified atom stereocenters. The molecule has 1 saturated heterocycles. The highest BCUT2D eigenvalue weighted by atomic mass is 35.5. The molecule has 0 aromatic carbocycles. The van der Waals surface area contributed by atoms with Crippen molar-refractivity contribution in [1.29, 1.82) is 0 Å². The highest BCUT2D eigenvalue weighted by Crippen LogP contribution is 2.26. The number of hydrogen-bond donors (Lipinski definition) is 0. The number of rotatable bonds is 3. The van der Waals surface area contributed by atoms with Crippen molar-refractivity contribution < 1.29 is 4.39 Å². The predicted octanol–water partition coefficient (Wildman–Crippen LogP) is 3.68. The van der Waals surface area contributed by atoms with Gasteiger partial charge in [0.1, 0.15) is 0 Å². The van der Waals surface area contributed by atoms with Crippen LogP contribution in [0.2, 0.25) is 5.28 Å². The molecular weight excluding hydrogens is 253 g/mol. The molecule has 2 heterocycles. The normalized spacial score (nSPS) is 20.8. The van der Waals surface area contributed by atoms with Crippen molar-refractivity contribution in [2.45, 2.75) is 39.0 Å². The van der Waals surface area contributed by atoms with E-state index in [0.717, 1.165) is 38.0 Å². The zero-order valence-corrected chi connectivity index (χ0v) is 11.5. The second kappa shape index (κ2) is 6.32. The molecule has 0 bridgehead atoms. The summed E-state index contributed by atoms with van der Waals surface area (Å²) < 4.78 is 13.7. The third-order valence-electron chi connectivity index (χ3n) is 3.54. The zero-order valence-electron chi connectivity index (χ0n) is 10.7. The van der Waals surface area contributed by atoms with Gasteiger partial charge in [0.2, 0.25) is 5.28 Å². The van der Waals surface area contributed by atoms with Crippen LogP contribution in [-0.4, -0.2) is 23.1 Å². The lowest BCUT2D eigenvalue weighted by atomic mass is 9.96. The van der Waals surface area contributed by atoms with E-state index >= 15 is 0 Å². The standard InChI is InChI=1S/C13H19ClFN3/c1-2-4-10-5-3-7-18(8-6-10)12-11(15)9-16-13(14)17-12/h9-10H,2-8H2,1H3. The Balaban J connectivity index is 2.07. The molecule has 0 amide bonds. The second-order valence-corrected chi connectivity index (χ2v) is 5.22. The minimum atomic E-state index is -0.381. The lowest BCUT2D eigenvalue weighted by molar-refractivity contribution is 0.435. The van der Waals surface area contributed by atoms with Crippen LogP contribution in [0, 0.1) is 11.7 Å². The molecule has 2 rings (SSSR count). The molecule has 0 spiro atoms. The van der Waals surface area contributed by atoms with Gasteiger partial charge in [-0.05, 0) is 36.8 Å². The van der Waals surface area contributed by atoms with Crippen LogP contribution in [0.4, 0.5) is 10.2 Å². The molecule has 1 aromatic rings. The lowest BCUT2D eigenvalue weighted by Crippen LogP contribution is -2.26. The Morgan fingerprint density at radius 1 is 1.44 bits per heavy atom. The molecule has 5 heteroatoms. The van der Waals surface area contributed by atoms with Gasteiger partial charge in [-0.2, -0.15) is 4.98 Å². The molecule has 18 heavy (non-hydrogen) atoms. The molecular formula is C13H19ClFN3. The largest absolute Gasteiger partial charge is 0.354 e. The number of halogens is 2. The van der Waals surface area contributed by atoms with Gasteiger partial charge in [0.15, 0.2) is 11.6 Å². The summed E-state index contributed by atoms with van der Waals surface area (Å²) in [5, 5.41) is 0.112. The maximum Gasteiger partial charge on any atom is 0.224 e. The van der Waals surface area contributed by atoms with Gasteiger partial charge >= 0.3 is 0 Å². The van der Waals surface area contributed by atoms with Gasteiger partial charge in [-0.15, -0.1) is 0 Å². The third-order valence-corrected chi connectivity index (χ3v) is 3.72. The summed E-state index contributed by atoms with van der Waals surface area (Å²) in [6.45, 7) is 3.92. The van der Waals surface area contributed by atoms with Crippen molar-refractivity contribution in [2.75, 3.05) is 18.0 Å². The first-order valence-electron chi connectivity index (χ1n) is 6.63. The van der Waals surface area contributed by atoms with E-state index in [1.807, 2.05) is 4.90 Å². The average Bonchev–Trinajstić information content (AvgIpc) is 2.58. The minimum Gasteiger partial charge on any atom is -0.354 e. The lowest BCUT2D eigenvalue weighted by Gasteiger charge is -2.21. The second-order valence-electron chi connectivity index (χ2n) is 4.88. The average molecular weight is 272 g/mol. The van der Waals surface area contributed by atoms with Gasteiger partial charge in [-0.1, -0.05) is 19.8 Å². The number of anilines is 1. The summed E-state index contributed by atoms with van der Waals surface area (Å²) in [4.78, 5) is 9.67. The molecule has 0 saturated carbocycles. The Morgan fingerprint density at radius 3 is 3.06 bits per heavy atom. The molecule has 100 valence electrons. The van der Waals surface area contributed by atoms with Crippen molar-refractivity contribution in [3.05, 3.63) is 17.3 Å². The van der Waals surface area contributed by atoms with Gasteiger partial charge in [-0.25, -0.2) is 9.37 Å². The van der Waals surface area contributed by atoms with E-state index in [9.17, 15) is 4.39 Å². The van der Waals surface area contributed by atoms with E-state index in [-0.39, 0.29) is 11.1 Å². The van der Waals surface area contributed by atoms with Crippen molar-refractivity contribution >= 4 is 17.4 Å². The molecule has 1 aromatic heterocycles. The van der Waals surface area contributed by atoms with E-state index in [2.05, 4.69) is 16.9 Å². The van der Waals surface area contributed by atoms with E-state index in [4.69, 9.17) is 11.6 Å². The molecule has 0 N–H and O–H groups in total. The van der Waals surface area contributed by atoms with Crippen LogP contribution in [0.3, 0.4) is 0 Å². The Labute approximate surface area is 112 Å².